The molecule has 0 aromatic carbocycles. The summed E-state index contributed by atoms with van der Waals surface area (Å²) >= 11 is 0. The Balaban J connectivity index is 1.33. The molecule has 10 heteroatoms. The van der Waals surface area contributed by atoms with E-state index in [2.05, 4.69) is 35.7 Å². The molecule has 0 radical (unpaired) electrons. The van der Waals surface area contributed by atoms with Gasteiger partial charge in [0.15, 0.2) is 17.3 Å². The van der Waals surface area contributed by atoms with Gasteiger partial charge in [-0.05, 0) is 50.5 Å². The predicted molar refractivity (Wildman–Crippen MR) is 115 cm³/mol. The van der Waals surface area contributed by atoms with Crippen LogP contribution in [0.25, 0.3) is 11.0 Å². The van der Waals surface area contributed by atoms with E-state index in [9.17, 15) is 9.59 Å². The molecule has 1 aliphatic carbocycles. The fourth-order valence-electron chi connectivity index (χ4n) is 4.34. The summed E-state index contributed by atoms with van der Waals surface area (Å²) < 4.78 is 0. The zero-order valence-corrected chi connectivity index (χ0v) is 17.1. The summed E-state index contributed by atoms with van der Waals surface area (Å²) in [5.74, 6) is 0.749. The minimum atomic E-state index is -0.311. The number of fused-ring (bicyclic) bond motifs is 5. The lowest BCUT2D eigenvalue weighted by atomic mass is 10.1. The normalized spacial score (nSPS) is 19.5. The predicted octanol–water partition coefficient (Wildman–Crippen LogP) is 2.18. The molecule has 158 valence electrons. The van der Waals surface area contributed by atoms with Gasteiger partial charge in [-0.2, -0.15) is 5.10 Å². The van der Waals surface area contributed by atoms with Crippen LogP contribution in [0.2, 0.25) is 0 Å². The third-order valence-corrected chi connectivity index (χ3v) is 6.10. The summed E-state index contributed by atoms with van der Waals surface area (Å²) in [5.41, 5.74) is 2.69. The van der Waals surface area contributed by atoms with E-state index in [1.54, 1.807) is 11.0 Å². The molecule has 2 fully saturated rings. The maximum atomic E-state index is 13.4. The molecule has 1 atom stereocenters. The molecule has 3 aliphatic rings. The molecule has 1 saturated heterocycles. The Kier molecular flexibility index (Phi) is 3.89. The van der Waals surface area contributed by atoms with E-state index in [0.29, 0.717) is 23.0 Å². The Morgan fingerprint density at radius 2 is 2.00 bits per heavy atom. The number of amides is 3. The van der Waals surface area contributed by atoms with Gasteiger partial charge in [0.05, 0.1) is 17.1 Å². The molecule has 6 rings (SSSR count). The van der Waals surface area contributed by atoms with Crippen molar-refractivity contribution in [1.29, 1.82) is 0 Å². The van der Waals surface area contributed by atoms with Crippen LogP contribution in [0, 0.1) is 6.92 Å². The van der Waals surface area contributed by atoms with Crippen LogP contribution < -0.4 is 20.4 Å². The topological polar surface area (TPSA) is 119 Å². The lowest BCUT2D eigenvalue weighted by molar-refractivity contribution is 0.0946. The van der Waals surface area contributed by atoms with Crippen LogP contribution in [0.1, 0.15) is 35.4 Å². The van der Waals surface area contributed by atoms with E-state index in [0.717, 1.165) is 49.1 Å². The first kappa shape index (κ1) is 18.1. The van der Waals surface area contributed by atoms with Gasteiger partial charge in [-0.25, -0.2) is 14.8 Å². The third-order valence-electron chi connectivity index (χ3n) is 6.10. The molecule has 0 spiro atoms. The lowest BCUT2D eigenvalue weighted by Crippen LogP contribution is -2.48. The summed E-state index contributed by atoms with van der Waals surface area (Å²) in [6.45, 7) is 3.50. The largest absolute Gasteiger partial charge is 0.366 e. The minimum absolute atomic E-state index is 0.00711. The Morgan fingerprint density at radius 3 is 2.84 bits per heavy atom. The number of hydrogen-bond acceptors (Lipinski definition) is 6. The molecular formula is C21H22N8O2. The van der Waals surface area contributed by atoms with Crippen LogP contribution in [0.3, 0.4) is 0 Å². The average Bonchev–Trinajstić information content (AvgIpc) is 3.35. The van der Waals surface area contributed by atoms with E-state index in [1.165, 1.54) is 0 Å². The molecule has 2 aliphatic heterocycles. The summed E-state index contributed by atoms with van der Waals surface area (Å²) in [5, 5.41) is 13.7. The molecule has 0 unspecified atom stereocenters. The van der Waals surface area contributed by atoms with Gasteiger partial charge < -0.3 is 10.2 Å². The van der Waals surface area contributed by atoms with Crippen molar-refractivity contribution in [2.75, 3.05) is 28.2 Å². The minimum Gasteiger partial charge on any atom is -0.366 e. The number of urea groups is 1. The van der Waals surface area contributed by atoms with Crippen LogP contribution in [-0.2, 0) is 0 Å². The van der Waals surface area contributed by atoms with Crippen molar-refractivity contribution in [2.45, 2.75) is 38.3 Å². The van der Waals surface area contributed by atoms with Crippen LogP contribution in [0.15, 0.2) is 24.3 Å². The maximum Gasteiger partial charge on any atom is 0.329 e. The quantitative estimate of drug-likeness (QED) is 0.600. The van der Waals surface area contributed by atoms with Crippen LogP contribution in [0.4, 0.5) is 22.1 Å². The fraction of sp³-hybridized carbons (Fsp3) is 0.381. The molecular weight excluding hydrogens is 396 g/mol. The van der Waals surface area contributed by atoms with Crippen LogP contribution in [-0.4, -0.2) is 57.3 Å². The summed E-state index contributed by atoms with van der Waals surface area (Å²) in [6.07, 6.45) is 2.86. The summed E-state index contributed by atoms with van der Waals surface area (Å²) in [4.78, 5) is 38.8. The van der Waals surface area contributed by atoms with Gasteiger partial charge in [-0.1, -0.05) is 0 Å². The number of carbonyl (C=O) groups excluding carboxylic acids is 2. The number of aromatic nitrogens is 4. The molecule has 10 nitrogen and oxygen atoms in total. The maximum absolute atomic E-state index is 13.4. The zero-order valence-electron chi connectivity index (χ0n) is 17.1. The third kappa shape index (κ3) is 3.06. The number of anilines is 3. The van der Waals surface area contributed by atoms with Gasteiger partial charge in [0.1, 0.15) is 5.69 Å². The second-order valence-electron chi connectivity index (χ2n) is 8.40. The Labute approximate surface area is 178 Å². The molecule has 31 heavy (non-hydrogen) atoms. The van der Waals surface area contributed by atoms with E-state index >= 15 is 0 Å². The number of rotatable bonds is 3. The standard InChI is InChI=1S/C21H22N8O2/c1-11-2-5-14-17(22-11)26-27-18(14)25-21(31)29-13-8-9-28(10-13)16-7-6-15(24-19(16)29)20(30)23-12-3-4-12/h2,5-7,12-13H,3-4,8-10H2,1H3,(H,23,30)(H2,22,25,26,27,31)/t13-/m0/s1. The Bertz CT molecular complexity index is 1220. The average molecular weight is 418 g/mol. The van der Waals surface area contributed by atoms with E-state index < -0.39 is 0 Å². The number of aromatic amines is 1. The molecule has 3 aromatic rings. The van der Waals surface area contributed by atoms with Crippen LogP contribution >= 0.6 is 0 Å². The molecule has 3 N–H and O–H groups in total. The Morgan fingerprint density at radius 1 is 1.13 bits per heavy atom. The van der Waals surface area contributed by atoms with Crippen LogP contribution in [0.5, 0.6) is 0 Å². The zero-order chi connectivity index (χ0) is 21.1. The van der Waals surface area contributed by atoms with Gasteiger partial charge in [-0.15, -0.1) is 0 Å². The van der Waals surface area contributed by atoms with Crippen molar-refractivity contribution in [3.63, 3.8) is 0 Å². The highest BCUT2D eigenvalue weighted by Gasteiger charge is 2.41. The monoisotopic (exact) mass is 418 g/mol. The fourth-order valence-corrected chi connectivity index (χ4v) is 4.34. The van der Waals surface area contributed by atoms with Crippen molar-refractivity contribution in [3.8, 4) is 0 Å². The van der Waals surface area contributed by atoms with E-state index in [4.69, 9.17) is 0 Å². The van der Waals surface area contributed by atoms with E-state index in [1.807, 2.05) is 25.1 Å². The first-order valence-electron chi connectivity index (χ1n) is 10.6. The highest BCUT2D eigenvalue weighted by atomic mass is 16.2. The summed E-state index contributed by atoms with van der Waals surface area (Å²) in [7, 11) is 0. The van der Waals surface area contributed by atoms with Gasteiger partial charge >= 0.3 is 6.03 Å². The van der Waals surface area contributed by atoms with Gasteiger partial charge in [0.2, 0.25) is 0 Å². The number of nitrogens with one attached hydrogen (secondary N) is 3. The molecule has 3 amide bonds. The van der Waals surface area contributed by atoms with Crippen molar-refractivity contribution in [3.05, 3.63) is 35.7 Å². The van der Waals surface area contributed by atoms with Gasteiger partial charge in [0.25, 0.3) is 5.91 Å². The number of hydrogen-bond donors (Lipinski definition) is 3. The summed E-state index contributed by atoms with van der Waals surface area (Å²) in [6, 6.07) is 7.32. The van der Waals surface area contributed by atoms with Gasteiger partial charge in [-0.3, -0.25) is 20.1 Å². The number of nitrogens with zero attached hydrogens (tertiary/aromatic N) is 5. The van der Waals surface area contributed by atoms with Crippen molar-refractivity contribution in [2.24, 2.45) is 0 Å². The molecule has 5 heterocycles. The highest BCUT2D eigenvalue weighted by molar-refractivity contribution is 6.08. The number of carbonyl (C=O) groups is 2. The van der Waals surface area contributed by atoms with Crippen molar-refractivity contribution < 1.29 is 9.59 Å². The number of pyridine rings is 2. The lowest BCUT2D eigenvalue weighted by Gasteiger charge is -2.35. The highest BCUT2D eigenvalue weighted by Crippen LogP contribution is 2.39. The van der Waals surface area contributed by atoms with E-state index in [-0.39, 0.29) is 24.0 Å². The first-order valence-corrected chi connectivity index (χ1v) is 10.6. The first-order chi connectivity index (χ1) is 15.1. The van der Waals surface area contributed by atoms with Crippen molar-refractivity contribution >= 4 is 40.3 Å². The van der Waals surface area contributed by atoms with Gasteiger partial charge in [0, 0.05) is 24.8 Å². The molecule has 3 aromatic heterocycles. The molecule has 1 saturated carbocycles. The SMILES string of the molecule is Cc1ccc2c(NC(=O)N3c4nc(C(=O)NC5CC5)ccc4N4CC[C@H]3C4)n[nH]c2n1. The molecule has 2 bridgehead atoms. The number of H-pyrrole nitrogens is 1. The second-order valence-corrected chi connectivity index (χ2v) is 8.40. The smallest absolute Gasteiger partial charge is 0.329 e. The Hall–Kier alpha value is -3.69. The number of aryl methyl sites for hydroxylation is 1. The second kappa shape index (κ2) is 6.66. The van der Waals surface area contributed by atoms with Crippen molar-refractivity contribution in [1.82, 2.24) is 25.5 Å².